The third-order valence-corrected chi connectivity index (χ3v) is 4.43. The monoisotopic (exact) mass is 247 g/mol. The van der Waals surface area contributed by atoms with Crippen LogP contribution in [0, 0.1) is 5.92 Å². The highest BCUT2D eigenvalue weighted by Gasteiger charge is 2.24. The Morgan fingerprint density at radius 2 is 1.75 bits per heavy atom. The van der Waals surface area contributed by atoms with Crippen LogP contribution in [0.15, 0.2) is 0 Å². The molecule has 0 amide bonds. The van der Waals surface area contributed by atoms with Crippen LogP contribution in [0.2, 0.25) is 0 Å². The molecule has 0 bridgehead atoms. The lowest BCUT2D eigenvalue weighted by Crippen LogP contribution is -2.47. The van der Waals surface area contributed by atoms with E-state index in [9.17, 15) is 0 Å². The summed E-state index contributed by atoms with van der Waals surface area (Å²) in [4.78, 5) is 0. The predicted octanol–water partition coefficient (Wildman–Crippen LogP) is 4.59. The highest BCUT2D eigenvalue weighted by Crippen LogP contribution is 2.19. The third-order valence-electron chi connectivity index (χ3n) is 3.92. The van der Waals surface area contributed by atoms with Gasteiger partial charge in [0.25, 0.3) is 0 Å². The number of alkyl halides is 1. The van der Waals surface area contributed by atoms with Gasteiger partial charge in [-0.3, -0.25) is 0 Å². The molecule has 0 aromatic carbocycles. The molecule has 0 aromatic rings. The van der Waals surface area contributed by atoms with Gasteiger partial charge in [-0.15, -0.1) is 11.6 Å². The molecule has 0 aliphatic carbocycles. The fourth-order valence-electron chi connectivity index (χ4n) is 2.04. The molecule has 0 aromatic heterocycles. The first-order valence-electron chi connectivity index (χ1n) is 6.98. The summed E-state index contributed by atoms with van der Waals surface area (Å²) in [5.41, 5.74) is 0.168. The summed E-state index contributed by atoms with van der Waals surface area (Å²) in [6.45, 7) is 10.1. The van der Waals surface area contributed by atoms with Gasteiger partial charge in [-0.2, -0.15) is 0 Å². The lowest BCUT2D eigenvalue weighted by molar-refractivity contribution is 0.296. The van der Waals surface area contributed by atoms with Crippen LogP contribution in [-0.4, -0.2) is 18.0 Å². The zero-order valence-electron chi connectivity index (χ0n) is 11.6. The van der Waals surface area contributed by atoms with E-state index in [2.05, 4.69) is 33.0 Å². The zero-order valence-corrected chi connectivity index (χ0v) is 12.4. The van der Waals surface area contributed by atoms with Gasteiger partial charge in [-0.25, -0.2) is 0 Å². The minimum Gasteiger partial charge on any atom is -0.310 e. The second-order valence-electron chi connectivity index (χ2n) is 4.92. The average Bonchev–Trinajstić information content (AvgIpc) is 2.35. The first-order valence-corrected chi connectivity index (χ1v) is 7.52. The van der Waals surface area contributed by atoms with Crippen molar-refractivity contribution in [2.45, 2.75) is 71.8 Å². The van der Waals surface area contributed by atoms with Crippen molar-refractivity contribution in [1.29, 1.82) is 0 Å². The topological polar surface area (TPSA) is 12.0 Å². The lowest BCUT2D eigenvalue weighted by atomic mass is 9.92. The maximum atomic E-state index is 6.09. The van der Waals surface area contributed by atoms with Crippen molar-refractivity contribution < 1.29 is 0 Å². The van der Waals surface area contributed by atoms with E-state index in [4.69, 9.17) is 11.6 Å². The summed E-state index contributed by atoms with van der Waals surface area (Å²) >= 11 is 6.09. The molecule has 0 aliphatic rings. The number of unbranched alkanes of at least 4 members (excludes halogenated alkanes) is 1. The van der Waals surface area contributed by atoms with Crippen molar-refractivity contribution in [3.63, 3.8) is 0 Å². The Morgan fingerprint density at radius 1 is 1.12 bits per heavy atom. The van der Waals surface area contributed by atoms with Gasteiger partial charge in [-0.1, -0.05) is 47.0 Å². The molecule has 0 saturated heterocycles. The van der Waals surface area contributed by atoms with Gasteiger partial charge in [0.05, 0.1) is 0 Å². The Bertz CT molecular complexity index is 147. The molecule has 0 aliphatic heterocycles. The molecular formula is C14H30ClN. The molecule has 1 nitrogen and oxygen atoms in total. The molecule has 0 saturated carbocycles. The zero-order chi connectivity index (χ0) is 12.4. The summed E-state index contributed by atoms with van der Waals surface area (Å²) in [6.07, 6.45) is 7.53. The van der Waals surface area contributed by atoms with E-state index >= 15 is 0 Å². The Morgan fingerprint density at radius 3 is 2.12 bits per heavy atom. The summed E-state index contributed by atoms with van der Waals surface area (Å²) < 4.78 is 0. The number of hydrogen-bond donors (Lipinski definition) is 1. The molecule has 1 atom stereocenters. The van der Waals surface area contributed by atoms with Crippen LogP contribution < -0.4 is 5.32 Å². The van der Waals surface area contributed by atoms with E-state index in [0.717, 1.165) is 31.2 Å². The molecular weight excluding hydrogens is 218 g/mol. The first-order chi connectivity index (χ1) is 7.67. The summed E-state index contributed by atoms with van der Waals surface area (Å²) in [7, 11) is 0. The molecule has 0 fully saturated rings. The maximum absolute atomic E-state index is 6.09. The average molecular weight is 248 g/mol. The van der Waals surface area contributed by atoms with Gasteiger partial charge in [0.15, 0.2) is 0 Å². The van der Waals surface area contributed by atoms with Gasteiger partial charge in [0, 0.05) is 11.4 Å². The van der Waals surface area contributed by atoms with Gasteiger partial charge in [-0.05, 0) is 31.7 Å². The number of halogens is 1. The van der Waals surface area contributed by atoms with E-state index in [1.807, 2.05) is 0 Å². The first kappa shape index (κ1) is 16.2. The molecule has 16 heavy (non-hydrogen) atoms. The molecule has 0 rings (SSSR count). The van der Waals surface area contributed by atoms with E-state index in [0.29, 0.717) is 0 Å². The third kappa shape index (κ3) is 5.54. The molecule has 2 heteroatoms. The van der Waals surface area contributed by atoms with E-state index in [-0.39, 0.29) is 5.54 Å². The van der Waals surface area contributed by atoms with Crippen LogP contribution in [0.3, 0.4) is 0 Å². The minimum atomic E-state index is 0.168. The lowest BCUT2D eigenvalue weighted by Gasteiger charge is -2.32. The predicted molar refractivity (Wildman–Crippen MR) is 75.3 cm³/mol. The molecule has 1 N–H and O–H groups in total. The highest BCUT2D eigenvalue weighted by atomic mass is 35.5. The smallest absolute Gasteiger partial charge is 0.0405 e. The number of rotatable bonds is 10. The van der Waals surface area contributed by atoms with Crippen molar-refractivity contribution in [1.82, 2.24) is 5.32 Å². The quantitative estimate of drug-likeness (QED) is 0.557. The Kier molecular flexibility index (Phi) is 9.44. The fourth-order valence-corrected chi connectivity index (χ4v) is 2.51. The van der Waals surface area contributed by atoms with E-state index < -0.39 is 0 Å². The summed E-state index contributed by atoms with van der Waals surface area (Å²) in [5.74, 6) is 1.55. The SMILES string of the molecule is CCCCC(CC)CNC(CC)(CC)CCl. The van der Waals surface area contributed by atoms with Crippen molar-refractivity contribution in [2.24, 2.45) is 5.92 Å². The number of nitrogens with one attached hydrogen (secondary N) is 1. The van der Waals surface area contributed by atoms with Gasteiger partial charge >= 0.3 is 0 Å². The molecule has 0 spiro atoms. The van der Waals surface area contributed by atoms with Gasteiger partial charge in [0.1, 0.15) is 0 Å². The second kappa shape index (κ2) is 9.30. The standard InChI is InChI=1S/C14H30ClN/c1-5-9-10-13(6-2)11-16-14(7-3,8-4)12-15/h13,16H,5-12H2,1-4H3. The maximum Gasteiger partial charge on any atom is 0.0405 e. The summed E-state index contributed by atoms with van der Waals surface area (Å²) in [5, 5.41) is 3.71. The Balaban J connectivity index is 4.05. The largest absolute Gasteiger partial charge is 0.310 e. The number of hydrogen-bond acceptors (Lipinski definition) is 1. The Hall–Kier alpha value is 0.250. The molecule has 1 unspecified atom stereocenters. The normalized spacial score (nSPS) is 14.1. The van der Waals surface area contributed by atoms with Gasteiger partial charge < -0.3 is 5.32 Å². The van der Waals surface area contributed by atoms with Crippen molar-refractivity contribution in [3.8, 4) is 0 Å². The molecule has 98 valence electrons. The van der Waals surface area contributed by atoms with Crippen LogP contribution in [0.25, 0.3) is 0 Å². The fraction of sp³-hybridized carbons (Fsp3) is 1.00. The molecule has 0 radical (unpaired) electrons. The highest BCUT2D eigenvalue weighted by molar-refractivity contribution is 6.18. The van der Waals surface area contributed by atoms with Crippen LogP contribution >= 0.6 is 11.6 Å². The second-order valence-corrected chi connectivity index (χ2v) is 5.19. The van der Waals surface area contributed by atoms with Crippen LogP contribution in [0.1, 0.15) is 66.2 Å². The summed E-state index contributed by atoms with van der Waals surface area (Å²) in [6, 6.07) is 0. The van der Waals surface area contributed by atoms with Crippen molar-refractivity contribution in [2.75, 3.05) is 12.4 Å². The minimum absolute atomic E-state index is 0.168. The van der Waals surface area contributed by atoms with Crippen molar-refractivity contribution >= 4 is 11.6 Å². The van der Waals surface area contributed by atoms with Gasteiger partial charge in [0.2, 0.25) is 0 Å². The van der Waals surface area contributed by atoms with E-state index in [1.54, 1.807) is 0 Å². The molecule has 0 heterocycles. The van der Waals surface area contributed by atoms with Crippen LogP contribution in [-0.2, 0) is 0 Å². The van der Waals surface area contributed by atoms with E-state index in [1.165, 1.54) is 25.7 Å². The van der Waals surface area contributed by atoms with Crippen LogP contribution in [0.5, 0.6) is 0 Å². The van der Waals surface area contributed by atoms with Crippen LogP contribution in [0.4, 0.5) is 0 Å². The van der Waals surface area contributed by atoms with Crippen molar-refractivity contribution in [3.05, 3.63) is 0 Å². The Labute approximate surface area is 107 Å².